The number of benzene rings is 3. The molecule has 0 aliphatic heterocycles. The maximum atomic E-state index is 13.9. The lowest BCUT2D eigenvalue weighted by atomic mass is 10.0. The Bertz CT molecular complexity index is 988. The van der Waals surface area contributed by atoms with E-state index in [0.717, 1.165) is 16.7 Å². The van der Waals surface area contributed by atoms with Crippen LogP contribution in [0.15, 0.2) is 78.9 Å². The Morgan fingerprint density at radius 1 is 0.867 bits per heavy atom. The fraction of sp³-hybridized carbons (Fsp3) is 0.200. The summed E-state index contributed by atoms with van der Waals surface area (Å²) in [6, 6.07) is 23.6. The van der Waals surface area contributed by atoms with E-state index in [1.54, 1.807) is 18.2 Å². The molecule has 0 radical (unpaired) electrons. The van der Waals surface area contributed by atoms with E-state index in [1.807, 2.05) is 42.5 Å². The van der Waals surface area contributed by atoms with Gasteiger partial charge in [-0.05, 0) is 34.7 Å². The van der Waals surface area contributed by atoms with Gasteiger partial charge in [0.05, 0.1) is 0 Å². The Kier molecular flexibility index (Phi) is 7.33. The van der Waals surface area contributed by atoms with Crippen LogP contribution in [0.2, 0.25) is 0 Å². The minimum atomic E-state index is -0.820. The third kappa shape index (κ3) is 5.77. The Hall–Kier alpha value is -3.47. The Morgan fingerprint density at radius 2 is 1.50 bits per heavy atom. The zero-order valence-corrected chi connectivity index (χ0v) is 16.9. The lowest BCUT2D eigenvalue weighted by Gasteiger charge is -2.18. The van der Waals surface area contributed by atoms with Crippen LogP contribution in [0, 0.1) is 5.82 Å². The van der Waals surface area contributed by atoms with Gasteiger partial charge >= 0.3 is 0 Å². The minimum absolute atomic E-state index is 0.101. The second-order valence-electron chi connectivity index (χ2n) is 7.09. The predicted molar refractivity (Wildman–Crippen MR) is 116 cm³/mol. The van der Waals surface area contributed by atoms with Crippen LogP contribution in [0.25, 0.3) is 11.1 Å². The number of hydrogen-bond acceptors (Lipinski definition) is 2. The number of hydrogen-bond donors (Lipinski definition) is 2. The second-order valence-corrected chi connectivity index (χ2v) is 7.09. The molecule has 0 fully saturated rings. The summed E-state index contributed by atoms with van der Waals surface area (Å²) in [7, 11) is 1.50. The summed E-state index contributed by atoms with van der Waals surface area (Å²) < 4.78 is 13.9. The van der Waals surface area contributed by atoms with Gasteiger partial charge in [-0.15, -0.1) is 0 Å². The van der Waals surface area contributed by atoms with Crippen molar-refractivity contribution in [3.05, 3.63) is 95.8 Å². The molecule has 0 spiro atoms. The van der Waals surface area contributed by atoms with E-state index in [9.17, 15) is 14.0 Å². The molecule has 0 heterocycles. The van der Waals surface area contributed by atoms with Crippen molar-refractivity contribution in [2.45, 2.75) is 25.3 Å². The molecule has 0 aliphatic carbocycles. The van der Waals surface area contributed by atoms with Gasteiger partial charge in [-0.1, -0.05) is 72.8 Å². The molecule has 2 N–H and O–H groups in total. The average Bonchev–Trinajstić information content (AvgIpc) is 2.79. The van der Waals surface area contributed by atoms with Crippen molar-refractivity contribution < 1.29 is 14.0 Å². The molecule has 0 aromatic heterocycles. The number of carbonyl (C=O) groups is 2. The van der Waals surface area contributed by atoms with Crippen molar-refractivity contribution in [3.63, 3.8) is 0 Å². The molecule has 0 unspecified atom stereocenters. The summed E-state index contributed by atoms with van der Waals surface area (Å²) >= 11 is 0. The number of likely N-dealkylation sites (N-methyl/N-ethyl adjacent to an activating group) is 1. The lowest BCUT2D eigenvalue weighted by Crippen LogP contribution is -2.47. The van der Waals surface area contributed by atoms with Crippen LogP contribution in [-0.2, 0) is 22.4 Å². The summed E-state index contributed by atoms with van der Waals surface area (Å²) in [5, 5.41) is 5.26. The van der Waals surface area contributed by atoms with Gasteiger partial charge < -0.3 is 10.6 Å². The van der Waals surface area contributed by atoms with E-state index in [1.165, 1.54) is 13.1 Å². The molecule has 0 bridgehead atoms. The second kappa shape index (κ2) is 10.3. The Labute approximate surface area is 176 Å². The fourth-order valence-electron chi connectivity index (χ4n) is 3.29. The van der Waals surface area contributed by atoms with Crippen LogP contribution >= 0.6 is 0 Å². The van der Waals surface area contributed by atoms with Crippen LogP contribution in [0.5, 0.6) is 0 Å². The summed E-state index contributed by atoms with van der Waals surface area (Å²) in [6.07, 6.45) is 0.903. The predicted octanol–water partition coefficient (Wildman–Crippen LogP) is 3.90. The van der Waals surface area contributed by atoms with Crippen molar-refractivity contribution in [1.29, 1.82) is 0 Å². The van der Waals surface area contributed by atoms with E-state index in [-0.39, 0.29) is 30.5 Å². The monoisotopic (exact) mass is 404 g/mol. The summed E-state index contributed by atoms with van der Waals surface area (Å²) in [5.41, 5.74) is 3.69. The van der Waals surface area contributed by atoms with Crippen LogP contribution in [-0.4, -0.2) is 24.9 Å². The number of carbonyl (C=O) groups excluding carboxylic acids is 2. The number of rotatable bonds is 8. The van der Waals surface area contributed by atoms with Crippen molar-refractivity contribution in [1.82, 2.24) is 10.6 Å². The average molecular weight is 404 g/mol. The molecule has 4 nitrogen and oxygen atoms in total. The molecule has 1 atom stereocenters. The zero-order chi connectivity index (χ0) is 21.3. The summed E-state index contributed by atoms with van der Waals surface area (Å²) in [4.78, 5) is 24.6. The van der Waals surface area contributed by atoms with Crippen molar-refractivity contribution >= 4 is 11.8 Å². The SMILES string of the molecule is CNC(=O)[C@@H](Cc1ccccc1F)NC(=O)CCc1ccc(-c2ccccc2)cc1. The number of aryl methyl sites for hydroxylation is 1. The number of nitrogens with one attached hydrogen (secondary N) is 2. The highest BCUT2D eigenvalue weighted by atomic mass is 19.1. The largest absolute Gasteiger partial charge is 0.357 e. The van der Waals surface area contributed by atoms with Crippen LogP contribution < -0.4 is 10.6 Å². The smallest absolute Gasteiger partial charge is 0.242 e. The number of halogens is 1. The fourth-order valence-corrected chi connectivity index (χ4v) is 3.29. The molecule has 0 saturated carbocycles. The molecule has 3 aromatic carbocycles. The lowest BCUT2D eigenvalue weighted by molar-refractivity contribution is -0.128. The molecule has 154 valence electrons. The van der Waals surface area contributed by atoms with Crippen LogP contribution in [0.3, 0.4) is 0 Å². The van der Waals surface area contributed by atoms with Crippen molar-refractivity contribution in [2.75, 3.05) is 7.05 Å². The molecule has 5 heteroatoms. The summed E-state index contributed by atoms with van der Waals surface area (Å²) in [5.74, 6) is -0.981. The summed E-state index contributed by atoms with van der Waals surface area (Å²) in [6.45, 7) is 0. The van der Waals surface area contributed by atoms with E-state index in [4.69, 9.17) is 0 Å². The molecule has 0 aliphatic rings. The molecular weight excluding hydrogens is 379 g/mol. The highest BCUT2D eigenvalue weighted by Crippen LogP contribution is 2.19. The van der Waals surface area contributed by atoms with Gasteiger partial charge in [0.15, 0.2) is 0 Å². The first kappa shape index (κ1) is 21.2. The van der Waals surface area contributed by atoms with Crippen molar-refractivity contribution in [2.24, 2.45) is 0 Å². The van der Waals surface area contributed by atoms with E-state index >= 15 is 0 Å². The van der Waals surface area contributed by atoms with Gasteiger partial charge in [0, 0.05) is 19.9 Å². The first-order valence-electron chi connectivity index (χ1n) is 9.95. The Balaban J connectivity index is 1.57. The van der Waals surface area contributed by atoms with Gasteiger partial charge in [0.25, 0.3) is 0 Å². The molecule has 0 saturated heterocycles. The van der Waals surface area contributed by atoms with Gasteiger partial charge in [-0.3, -0.25) is 9.59 Å². The topological polar surface area (TPSA) is 58.2 Å². The number of amides is 2. The highest BCUT2D eigenvalue weighted by molar-refractivity contribution is 5.87. The Morgan fingerprint density at radius 3 is 2.17 bits per heavy atom. The molecule has 3 aromatic rings. The van der Waals surface area contributed by atoms with Crippen LogP contribution in [0.1, 0.15) is 17.5 Å². The maximum Gasteiger partial charge on any atom is 0.242 e. The molecular formula is C25H25FN2O2. The van der Waals surface area contributed by atoms with Crippen LogP contribution in [0.4, 0.5) is 4.39 Å². The first-order chi connectivity index (χ1) is 14.6. The normalized spacial score (nSPS) is 11.5. The van der Waals surface area contributed by atoms with E-state index < -0.39 is 6.04 Å². The van der Waals surface area contributed by atoms with E-state index in [0.29, 0.717) is 12.0 Å². The zero-order valence-electron chi connectivity index (χ0n) is 16.9. The van der Waals surface area contributed by atoms with Gasteiger partial charge in [0.2, 0.25) is 11.8 Å². The van der Waals surface area contributed by atoms with Gasteiger partial charge in [-0.25, -0.2) is 4.39 Å². The van der Waals surface area contributed by atoms with Gasteiger partial charge in [0.1, 0.15) is 11.9 Å². The maximum absolute atomic E-state index is 13.9. The molecule has 30 heavy (non-hydrogen) atoms. The third-order valence-electron chi connectivity index (χ3n) is 4.98. The molecule has 2 amide bonds. The third-order valence-corrected chi connectivity index (χ3v) is 4.98. The first-order valence-corrected chi connectivity index (χ1v) is 9.95. The minimum Gasteiger partial charge on any atom is -0.357 e. The highest BCUT2D eigenvalue weighted by Gasteiger charge is 2.21. The quantitative estimate of drug-likeness (QED) is 0.598. The standard InChI is InChI=1S/C25H25FN2O2/c1-27-25(30)23(17-21-9-5-6-10-22(21)26)28-24(29)16-13-18-11-14-20(15-12-18)19-7-3-2-4-8-19/h2-12,14-15,23H,13,16-17H2,1H3,(H,27,30)(H,28,29)/t23-/m1/s1. The molecule has 3 rings (SSSR count). The van der Waals surface area contributed by atoms with Crippen molar-refractivity contribution in [3.8, 4) is 11.1 Å². The van der Waals surface area contributed by atoms with E-state index in [2.05, 4.69) is 22.8 Å². The van der Waals surface area contributed by atoms with Gasteiger partial charge in [-0.2, -0.15) is 0 Å².